The van der Waals surface area contributed by atoms with Gasteiger partial charge in [-0.2, -0.15) is 8.78 Å². The van der Waals surface area contributed by atoms with Crippen LogP contribution in [0.15, 0.2) is 27.4 Å². The van der Waals surface area contributed by atoms with Crippen LogP contribution in [-0.2, 0) is 0 Å². The molecule has 22 heavy (non-hydrogen) atoms. The highest BCUT2D eigenvalue weighted by Gasteiger charge is 2.19. The maximum Gasteiger partial charge on any atom is 0.387 e. The van der Waals surface area contributed by atoms with Gasteiger partial charge in [-0.25, -0.2) is 0 Å². The third-order valence-corrected chi connectivity index (χ3v) is 4.21. The van der Waals surface area contributed by atoms with Crippen molar-refractivity contribution in [2.24, 2.45) is 0 Å². The molecule has 2 rings (SSSR count). The van der Waals surface area contributed by atoms with Crippen LogP contribution in [-0.4, -0.2) is 28.3 Å². The summed E-state index contributed by atoms with van der Waals surface area (Å²) < 4.78 is 29.4. The molecule has 0 amide bonds. The molecule has 2 aromatic rings. The van der Waals surface area contributed by atoms with E-state index in [4.69, 9.17) is 0 Å². The van der Waals surface area contributed by atoms with Gasteiger partial charge >= 0.3 is 12.3 Å². The Labute approximate surface area is 131 Å². The molecule has 1 heterocycles. The molecule has 1 N–H and O–H groups in total. The molecule has 0 spiro atoms. The van der Waals surface area contributed by atoms with Crippen LogP contribution in [0.3, 0.4) is 0 Å². The van der Waals surface area contributed by atoms with E-state index in [1.54, 1.807) is 0 Å². The fourth-order valence-electron chi connectivity index (χ4n) is 1.47. The molecule has 0 aliphatic heterocycles. The van der Waals surface area contributed by atoms with Gasteiger partial charge in [0.15, 0.2) is 4.34 Å². The van der Waals surface area contributed by atoms with Crippen LogP contribution >= 0.6 is 23.1 Å². The summed E-state index contributed by atoms with van der Waals surface area (Å²) in [7, 11) is 0. The molecule has 7 nitrogen and oxygen atoms in total. The van der Waals surface area contributed by atoms with E-state index in [1.165, 1.54) is 23.5 Å². The number of nitro benzene ring substituents is 1. The molecular weight excluding hydrogens is 338 g/mol. The average Bonchev–Trinajstić information content (AvgIpc) is 2.85. The first-order valence-electron chi connectivity index (χ1n) is 5.98. The summed E-state index contributed by atoms with van der Waals surface area (Å²) in [5, 5.41) is 22.2. The number of ether oxygens (including phenoxy) is 1. The minimum absolute atomic E-state index is 0.485. The van der Waals surface area contributed by atoms with Crippen molar-refractivity contribution >= 4 is 33.9 Å². The highest BCUT2D eigenvalue weighted by molar-refractivity contribution is 8.01. The lowest BCUT2D eigenvalue weighted by Crippen LogP contribution is -2.04. The second-order valence-electron chi connectivity index (χ2n) is 3.77. The van der Waals surface area contributed by atoms with E-state index in [0.29, 0.717) is 20.9 Å². The third kappa shape index (κ3) is 4.24. The monoisotopic (exact) mass is 348 g/mol. The van der Waals surface area contributed by atoms with Crippen molar-refractivity contribution in [3.05, 3.63) is 28.3 Å². The van der Waals surface area contributed by atoms with Crippen LogP contribution in [0.1, 0.15) is 6.92 Å². The van der Waals surface area contributed by atoms with Gasteiger partial charge in [-0.1, -0.05) is 23.1 Å². The third-order valence-electron chi connectivity index (χ3n) is 2.28. The minimum Gasteiger partial charge on any atom is -0.427 e. The molecule has 0 atom stereocenters. The molecular formula is C11H10F2N4O3S2. The van der Waals surface area contributed by atoms with E-state index < -0.39 is 23.0 Å². The van der Waals surface area contributed by atoms with Crippen LogP contribution in [0.2, 0.25) is 0 Å². The lowest BCUT2D eigenvalue weighted by molar-refractivity contribution is -0.386. The number of rotatable bonds is 7. The van der Waals surface area contributed by atoms with E-state index in [0.717, 1.165) is 17.8 Å². The summed E-state index contributed by atoms with van der Waals surface area (Å²) in [6, 6.07) is 3.74. The molecule has 0 bridgehead atoms. The minimum atomic E-state index is -3.14. The maximum absolute atomic E-state index is 12.3. The number of nitrogens with zero attached hydrogens (tertiary/aromatic N) is 3. The second kappa shape index (κ2) is 7.31. The zero-order valence-corrected chi connectivity index (χ0v) is 12.8. The summed E-state index contributed by atoms with van der Waals surface area (Å²) in [6.45, 7) is -0.525. The molecule has 1 aromatic heterocycles. The van der Waals surface area contributed by atoms with Gasteiger partial charge in [-0.05, 0) is 13.0 Å². The summed E-state index contributed by atoms with van der Waals surface area (Å²) in [4.78, 5) is 10.5. The van der Waals surface area contributed by atoms with Crippen molar-refractivity contribution < 1.29 is 18.4 Å². The first-order chi connectivity index (χ1) is 10.5. The highest BCUT2D eigenvalue weighted by atomic mass is 32.2. The van der Waals surface area contributed by atoms with E-state index in [1.807, 2.05) is 6.92 Å². The van der Waals surface area contributed by atoms with Crippen LogP contribution in [0, 0.1) is 10.1 Å². The largest absolute Gasteiger partial charge is 0.427 e. The Bertz CT molecular complexity index is 669. The van der Waals surface area contributed by atoms with Gasteiger partial charge in [0, 0.05) is 23.6 Å². The quantitative estimate of drug-likeness (QED) is 0.603. The summed E-state index contributed by atoms with van der Waals surface area (Å²) in [6.07, 6.45) is 0. The summed E-state index contributed by atoms with van der Waals surface area (Å²) in [5.74, 6) is -0.485. The van der Waals surface area contributed by atoms with Gasteiger partial charge < -0.3 is 10.1 Å². The number of hydrogen-bond acceptors (Lipinski definition) is 8. The first-order valence-corrected chi connectivity index (χ1v) is 7.61. The molecule has 11 heteroatoms. The van der Waals surface area contributed by atoms with Gasteiger partial charge in [0.25, 0.3) is 0 Å². The number of benzene rings is 1. The molecule has 0 fully saturated rings. The Hall–Kier alpha value is -2.01. The Morgan fingerprint density at radius 3 is 2.91 bits per heavy atom. The molecule has 0 unspecified atom stereocenters. The number of nitrogens with one attached hydrogen (secondary N) is 1. The van der Waals surface area contributed by atoms with Gasteiger partial charge in [0.05, 0.1) is 4.92 Å². The standard InChI is InChI=1S/C11H10F2N4O3S2/c1-2-14-10-15-16-11(22-10)21-6-3-4-7(17(18)19)8(5-6)20-9(12)13/h3-5,9H,2H2,1H3,(H,14,15). The van der Waals surface area contributed by atoms with Crippen molar-refractivity contribution in [1.29, 1.82) is 0 Å². The zero-order valence-electron chi connectivity index (χ0n) is 11.2. The van der Waals surface area contributed by atoms with Crippen LogP contribution in [0.5, 0.6) is 5.75 Å². The molecule has 0 aliphatic carbocycles. The number of nitro groups is 1. The van der Waals surface area contributed by atoms with Gasteiger partial charge in [0.2, 0.25) is 10.9 Å². The number of hydrogen-bond donors (Lipinski definition) is 1. The number of anilines is 1. The highest BCUT2D eigenvalue weighted by Crippen LogP contribution is 2.37. The number of aromatic nitrogens is 2. The predicted molar refractivity (Wildman–Crippen MR) is 77.9 cm³/mol. The van der Waals surface area contributed by atoms with E-state index in [2.05, 4.69) is 20.3 Å². The van der Waals surface area contributed by atoms with Crippen molar-refractivity contribution in [3.63, 3.8) is 0 Å². The lowest BCUT2D eigenvalue weighted by Gasteiger charge is -2.06. The van der Waals surface area contributed by atoms with E-state index in [9.17, 15) is 18.9 Å². The molecule has 1 aromatic carbocycles. The van der Waals surface area contributed by atoms with Crippen LogP contribution in [0.25, 0.3) is 0 Å². The Morgan fingerprint density at radius 1 is 1.50 bits per heavy atom. The Kier molecular flexibility index (Phi) is 5.44. The molecule has 0 saturated carbocycles. The average molecular weight is 348 g/mol. The van der Waals surface area contributed by atoms with Crippen molar-refractivity contribution in [3.8, 4) is 5.75 Å². The Balaban J connectivity index is 2.21. The van der Waals surface area contributed by atoms with E-state index >= 15 is 0 Å². The number of alkyl halides is 2. The summed E-state index contributed by atoms with van der Waals surface area (Å²) >= 11 is 2.44. The SMILES string of the molecule is CCNc1nnc(Sc2ccc([N+](=O)[O-])c(OC(F)F)c2)s1. The second-order valence-corrected chi connectivity index (χ2v) is 6.07. The fraction of sp³-hybridized carbons (Fsp3) is 0.273. The van der Waals surface area contributed by atoms with Crippen molar-refractivity contribution in [2.45, 2.75) is 22.8 Å². The molecule has 0 saturated heterocycles. The maximum atomic E-state index is 12.3. The van der Waals surface area contributed by atoms with Crippen LogP contribution < -0.4 is 10.1 Å². The Morgan fingerprint density at radius 2 is 2.27 bits per heavy atom. The van der Waals surface area contributed by atoms with Gasteiger partial charge in [0.1, 0.15) is 0 Å². The van der Waals surface area contributed by atoms with Crippen molar-refractivity contribution in [2.75, 3.05) is 11.9 Å². The van der Waals surface area contributed by atoms with E-state index in [-0.39, 0.29) is 0 Å². The van der Waals surface area contributed by atoms with Gasteiger partial charge in [-0.15, -0.1) is 10.2 Å². The van der Waals surface area contributed by atoms with Crippen molar-refractivity contribution in [1.82, 2.24) is 10.2 Å². The molecule has 0 radical (unpaired) electrons. The smallest absolute Gasteiger partial charge is 0.387 e. The topological polar surface area (TPSA) is 90.2 Å². The van der Waals surface area contributed by atoms with Gasteiger partial charge in [-0.3, -0.25) is 10.1 Å². The fourth-order valence-corrected chi connectivity index (χ4v) is 3.30. The molecule has 118 valence electrons. The lowest BCUT2D eigenvalue weighted by atomic mass is 10.3. The zero-order chi connectivity index (χ0) is 16.1. The number of halogens is 2. The normalized spacial score (nSPS) is 10.7. The first kappa shape index (κ1) is 16.4. The summed E-state index contributed by atoms with van der Waals surface area (Å²) in [5.41, 5.74) is -0.518. The van der Waals surface area contributed by atoms with Crippen LogP contribution in [0.4, 0.5) is 19.6 Å². The molecule has 0 aliphatic rings. The predicted octanol–water partition coefficient (Wildman–Crippen LogP) is 3.63.